The molecule has 30 heavy (non-hydrogen) atoms. The maximum Gasteiger partial charge on any atom is 0.335 e. The van der Waals surface area contributed by atoms with Crippen molar-refractivity contribution in [3.63, 3.8) is 0 Å². The van der Waals surface area contributed by atoms with E-state index in [-0.39, 0.29) is 12.7 Å². The average molecular weight is 431 g/mol. The van der Waals surface area contributed by atoms with Crippen molar-refractivity contribution < 1.29 is 29.5 Å². The van der Waals surface area contributed by atoms with Crippen LogP contribution in [0.4, 0.5) is 0 Å². The summed E-state index contributed by atoms with van der Waals surface area (Å²) in [6, 6.07) is 0. The van der Waals surface area contributed by atoms with E-state index in [1.54, 1.807) is 6.92 Å². The van der Waals surface area contributed by atoms with Crippen LogP contribution in [0.5, 0.6) is 0 Å². The van der Waals surface area contributed by atoms with Gasteiger partial charge in [0.2, 0.25) is 0 Å². The van der Waals surface area contributed by atoms with Gasteiger partial charge >= 0.3 is 5.97 Å². The smallest absolute Gasteiger partial charge is 0.335 e. The highest BCUT2D eigenvalue weighted by Crippen LogP contribution is 2.10. The maximum absolute atomic E-state index is 10.6. The summed E-state index contributed by atoms with van der Waals surface area (Å²) in [7, 11) is 0. The lowest BCUT2D eigenvalue weighted by atomic mass is 10.1. The van der Waals surface area contributed by atoms with E-state index in [0.717, 1.165) is 12.8 Å². The second-order valence-corrected chi connectivity index (χ2v) is 8.03. The van der Waals surface area contributed by atoms with Gasteiger partial charge in [-0.2, -0.15) is 0 Å². The average Bonchev–Trinajstić information content (AvgIpc) is 2.72. The number of carboxylic acids is 1. The Bertz CT molecular complexity index is 399. The van der Waals surface area contributed by atoms with Crippen LogP contribution in [-0.4, -0.2) is 36.5 Å². The van der Waals surface area contributed by atoms with Crippen LogP contribution in [-0.2, 0) is 24.3 Å². The third-order valence-electron chi connectivity index (χ3n) is 4.83. The number of hydrogen-bond acceptors (Lipinski definition) is 5. The van der Waals surface area contributed by atoms with Gasteiger partial charge in [0.15, 0.2) is 6.10 Å². The Kier molecular flexibility index (Phi) is 22.0. The minimum Gasteiger partial charge on any atom is -0.479 e. The van der Waals surface area contributed by atoms with E-state index in [0.29, 0.717) is 6.61 Å². The predicted molar refractivity (Wildman–Crippen MR) is 120 cm³/mol. The Hall–Kier alpha value is -0.950. The van der Waals surface area contributed by atoms with Gasteiger partial charge in [-0.3, -0.25) is 0 Å². The van der Waals surface area contributed by atoms with Crippen LogP contribution in [0.2, 0.25) is 0 Å². The van der Waals surface area contributed by atoms with Crippen molar-refractivity contribution >= 4 is 5.97 Å². The highest BCUT2D eigenvalue weighted by molar-refractivity contribution is 5.71. The van der Waals surface area contributed by atoms with Crippen molar-refractivity contribution in [3.8, 4) is 0 Å². The zero-order valence-electron chi connectivity index (χ0n) is 19.6. The quantitative estimate of drug-likeness (QED) is 0.0833. The van der Waals surface area contributed by atoms with Gasteiger partial charge in [0, 0.05) is 0 Å². The number of allylic oxidation sites excluding steroid dienone is 2. The lowest BCUT2D eigenvalue weighted by molar-refractivity contribution is -0.370. The summed E-state index contributed by atoms with van der Waals surface area (Å²) in [6.07, 6.45) is 21.3. The molecule has 0 saturated carbocycles. The molecule has 0 radical (unpaired) electrons. The molecule has 0 spiro atoms. The van der Waals surface area contributed by atoms with Crippen molar-refractivity contribution in [2.45, 2.75) is 123 Å². The Morgan fingerprint density at radius 1 is 0.767 bits per heavy atom. The second-order valence-electron chi connectivity index (χ2n) is 8.03. The maximum atomic E-state index is 10.6. The van der Waals surface area contributed by atoms with Crippen molar-refractivity contribution in [1.82, 2.24) is 0 Å². The van der Waals surface area contributed by atoms with Gasteiger partial charge in [0.25, 0.3) is 0 Å². The highest BCUT2D eigenvalue weighted by atomic mass is 17.2. The van der Waals surface area contributed by atoms with Crippen LogP contribution in [0.15, 0.2) is 12.2 Å². The molecular formula is C24H46O6. The lowest BCUT2D eigenvalue weighted by Crippen LogP contribution is -2.23. The van der Waals surface area contributed by atoms with Crippen molar-refractivity contribution in [2.24, 2.45) is 0 Å². The van der Waals surface area contributed by atoms with Crippen LogP contribution in [0, 0.1) is 0 Å². The normalized spacial score (nSPS) is 13.7. The van der Waals surface area contributed by atoms with Crippen LogP contribution < -0.4 is 0 Å². The van der Waals surface area contributed by atoms with E-state index in [1.165, 1.54) is 84.0 Å². The molecule has 0 aliphatic heterocycles. The van der Waals surface area contributed by atoms with E-state index in [1.807, 2.05) is 0 Å². The summed E-state index contributed by atoms with van der Waals surface area (Å²) in [5.74, 6) is -1.07. The number of carbonyl (C=O) groups is 1. The Morgan fingerprint density at radius 2 is 1.30 bits per heavy atom. The lowest BCUT2D eigenvalue weighted by Gasteiger charge is -2.13. The first-order valence-electron chi connectivity index (χ1n) is 12.0. The molecule has 0 aliphatic carbocycles. The molecule has 0 aliphatic rings. The van der Waals surface area contributed by atoms with Gasteiger partial charge < -0.3 is 5.11 Å². The molecule has 0 aromatic heterocycles. The summed E-state index contributed by atoms with van der Waals surface area (Å²) in [4.78, 5) is 30.4. The number of carboxylic acid groups (broad SMARTS) is 1. The minimum atomic E-state index is -1.07. The Morgan fingerprint density at radius 3 is 1.87 bits per heavy atom. The molecule has 6 nitrogen and oxygen atoms in total. The molecule has 178 valence electrons. The fourth-order valence-corrected chi connectivity index (χ4v) is 2.88. The molecule has 2 atom stereocenters. The first kappa shape index (κ1) is 29.1. The molecule has 2 unspecified atom stereocenters. The van der Waals surface area contributed by atoms with Gasteiger partial charge in [0.1, 0.15) is 12.7 Å². The largest absolute Gasteiger partial charge is 0.479 e. The van der Waals surface area contributed by atoms with Crippen molar-refractivity contribution in [2.75, 3.05) is 13.2 Å². The molecule has 0 aromatic rings. The summed E-state index contributed by atoms with van der Waals surface area (Å²) >= 11 is 0. The monoisotopic (exact) mass is 430 g/mol. The van der Waals surface area contributed by atoms with Gasteiger partial charge in [-0.15, -0.1) is 0 Å². The predicted octanol–water partition coefficient (Wildman–Crippen LogP) is 6.78. The zero-order valence-corrected chi connectivity index (χ0v) is 19.6. The van der Waals surface area contributed by atoms with Gasteiger partial charge in [-0.25, -0.2) is 24.3 Å². The summed E-state index contributed by atoms with van der Waals surface area (Å²) in [5.41, 5.74) is 0. The number of hydrogen-bond donors (Lipinski definition) is 1. The van der Waals surface area contributed by atoms with Crippen molar-refractivity contribution in [3.05, 3.63) is 12.2 Å². The molecule has 6 heteroatoms. The van der Waals surface area contributed by atoms with E-state index < -0.39 is 12.1 Å². The van der Waals surface area contributed by atoms with Gasteiger partial charge in [-0.05, 0) is 46.0 Å². The molecule has 0 aromatic carbocycles. The van der Waals surface area contributed by atoms with Gasteiger partial charge in [-0.1, -0.05) is 76.9 Å². The molecule has 0 heterocycles. The topological polar surface area (TPSA) is 74.2 Å². The fraction of sp³-hybridized carbons (Fsp3) is 0.875. The second kappa shape index (κ2) is 22.7. The third-order valence-corrected chi connectivity index (χ3v) is 4.83. The standard InChI is InChI=1S/C24H46O6/c1-4-5-6-7-8-9-10-11-12-13-14-15-16-17-18-19-20-27-29-22(2)21-28-30-23(3)24(25)26/h11-12,22-23H,4-10,13-21H2,1-3H3,(H,25,26)/b12-11-. The van der Waals surface area contributed by atoms with E-state index in [2.05, 4.69) is 24.0 Å². The molecule has 0 fully saturated rings. The molecule has 0 amide bonds. The van der Waals surface area contributed by atoms with E-state index in [4.69, 9.17) is 19.8 Å². The molecule has 0 bridgehead atoms. The number of rotatable bonds is 23. The Labute approximate surface area is 184 Å². The van der Waals surface area contributed by atoms with Crippen LogP contribution >= 0.6 is 0 Å². The van der Waals surface area contributed by atoms with E-state index in [9.17, 15) is 4.79 Å². The molecule has 0 saturated heterocycles. The zero-order chi connectivity index (χ0) is 22.3. The van der Waals surface area contributed by atoms with E-state index >= 15 is 0 Å². The molecule has 1 N–H and O–H groups in total. The first-order chi connectivity index (χ1) is 14.6. The number of unbranched alkanes of at least 4 members (excludes halogenated alkanes) is 12. The van der Waals surface area contributed by atoms with Gasteiger partial charge in [0.05, 0.1) is 6.61 Å². The van der Waals surface area contributed by atoms with Crippen LogP contribution in [0.3, 0.4) is 0 Å². The van der Waals surface area contributed by atoms with Crippen LogP contribution in [0.1, 0.15) is 111 Å². The summed E-state index contributed by atoms with van der Waals surface area (Å²) < 4.78 is 0. The number of aliphatic carboxylic acids is 1. The highest BCUT2D eigenvalue weighted by Gasteiger charge is 2.13. The first-order valence-corrected chi connectivity index (χ1v) is 12.0. The van der Waals surface area contributed by atoms with Crippen LogP contribution in [0.25, 0.3) is 0 Å². The minimum absolute atomic E-state index is 0.116. The summed E-state index contributed by atoms with van der Waals surface area (Å²) in [6.45, 7) is 6.11. The molecular weight excluding hydrogens is 384 g/mol. The van der Waals surface area contributed by atoms with Crippen molar-refractivity contribution in [1.29, 1.82) is 0 Å². The summed E-state index contributed by atoms with van der Waals surface area (Å²) in [5, 5.41) is 8.66. The third kappa shape index (κ3) is 21.8. The SMILES string of the molecule is CCCCCCCC/C=C\CCCCCCCCOOC(C)COOC(C)C(=O)O. The fourth-order valence-electron chi connectivity index (χ4n) is 2.88. The molecule has 0 rings (SSSR count). The Balaban J connectivity index is 3.23.